The van der Waals surface area contributed by atoms with Gasteiger partial charge in [-0.15, -0.1) is 0 Å². The number of amides is 1. The standard InChI is InChI=1S/C25H29NO4/c1-28-22-9-5-6-17(13-22)12-19-14-20(16-26-25(19)27)18-10-11-23(29-2)24(15-18)30-21-7-3-4-8-21/h5-6,9-13,15,20-21H,3-4,7-8,14,16H2,1-2H3,(H,26,27)/t20-/m1/s1. The van der Waals surface area contributed by atoms with Crippen molar-refractivity contribution < 1.29 is 19.0 Å². The van der Waals surface area contributed by atoms with E-state index >= 15 is 0 Å². The molecule has 2 fully saturated rings. The van der Waals surface area contributed by atoms with Crippen molar-refractivity contribution in [3.8, 4) is 17.2 Å². The minimum atomic E-state index is -0.00925. The lowest BCUT2D eigenvalue weighted by Gasteiger charge is -2.26. The van der Waals surface area contributed by atoms with Gasteiger partial charge in [-0.2, -0.15) is 0 Å². The third kappa shape index (κ3) is 4.61. The number of benzene rings is 2. The van der Waals surface area contributed by atoms with E-state index in [0.717, 1.165) is 46.8 Å². The number of hydrogen-bond acceptors (Lipinski definition) is 4. The quantitative estimate of drug-likeness (QED) is 0.705. The van der Waals surface area contributed by atoms with Gasteiger partial charge in [0.25, 0.3) is 0 Å². The smallest absolute Gasteiger partial charge is 0.247 e. The molecule has 5 nitrogen and oxygen atoms in total. The Morgan fingerprint density at radius 2 is 1.83 bits per heavy atom. The molecule has 5 heteroatoms. The van der Waals surface area contributed by atoms with E-state index in [1.54, 1.807) is 14.2 Å². The number of piperidine rings is 1. The van der Waals surface area contributed by atoms with Gasteiger partial charge in [0.2, 0.25) is 5.91 Å². The second-order valence-corrected chi connectivity index (χ2v) is 7.99. The van der Waals surface area contributed by atoms with Gasteiger partial charge in [-0.1, -0.05) is 18.2 Å². The average molecular weight is 408 g/mol. The van der Waals surface area contributed by atoms with Gasteiger partial charge >= 0.3 is 0 Å². The lowest BCUT2D eigenvalue weighted by Crippen LogP contribution is -2.35. The molecule has 1 saturated heterocycles. The Morgan fingerprint density at radius 3 is 2.60 bits per heavy atom. The van der Waals surface area contributed by atoms with Crippen LogP contribution in [0.25, 0.3) is 6.08 Å². The molecular formula is C25H29NO4. The summed E-state index contributed by atoms with van der Waals surface area (Å²) in [5, 5.41) is 3.04. The van der Waals surface area contributed by atoms with Crippen LogP contribution in [-0.4, -0.2) is 32.8 Å². The fourth-order valence-corrected chi connectivity index (χ4v) is 4.28. The minimum absolute atomic E-state index is 0.00925. The molecule has 0 unspecified atom stereocenters. The summed E-state index contributed by atoms with van der Waals surface area (Å²) in [4.78, 5) is 12.5. The molecule has 2 aromatic rings. The van der Waals surface area contributed by atoms with Crippen LogP contribution in [0, 0.1) is 0 Å². The van der Waals surface area contributed by atoms with Gasteiger partial charge < -0.3 is 19.5 Å². The minimum Gasteiger partial charge on any atom is -0.497 e. The van der Waals surface area contributed by atoms with Crippen LogP contribution < -0.4 is 19.5 Å². The summed E-state index contributed by atoms with van der Waals surface area (Å²) in [6.07, 6.45) is 7.53. The SMILES string of the molecule is COc1cccc(C=C2C[C@@H](c3ccc(OC)c(OC4CCCC4)c3)CNC2=O)c1. The zero-order valence-corrected chi connectivity index (χ0v) is 17.6. The molecule has 1 aliphatic carbocycles. The molecule has 1 amide bonds. The summed E-state index contributed by atoms with van der Waals surface area (Å²) in [6.45, 7) is 0.615. The molecule has 1 heterocycles. The summed E-state index contributed by atoms with van der Waals surface area (Å²) in [7, 11) is 3.32. The summed E-state index contributed by atoms with van der Waals surface area (Å²) in [5.74, 6) is 2.53. The van der Waals surface area contributed by atoms with E-state index < -0.39 is 0 Å². The lowest BCUT2D eigenvalue weighted by molar-refractivity contribution is -0.118. The van der Waals surface area contributed by atoms with E-state index in [1.807, 2.05) is 36.4 Å². The first-order chi connectivity index (χ1) is 14.7. The van der Waals surface area contributed by atoms with Gasteiger partial charge in [-0.05, 0) is 73.6 Å². The maximum absolute atomic E-state index is 12.5. The molecule has 1 atom stereocenters. The molecular weight excluding hydrogens is 378 g/mol. The molecule has 0 spiro atoms. The number of carbonyl (C=O) groups excluding carboxylic acids is 1. The lowest BCUT2D eigenvalue weighted by atomic mass is 9.87. The van der Waals surface area contributed by atoms with Crippen LogP contribution >= 0.6 is 0 Å². The second-order valence-electron chi connectivity index (χ2n) is 7.99. The third-order valence-corrected chi connectivity index (χ3v) is 5.96. The highest BCUT2D eigenvalue weighted by Gasteiger charge is 2.26. The number of rotatable bonds is 6. The van der Waals surface area contributed by atoms with Crippen LogP contribution in [0.5, 0.6) is 17.2 Å². The second kappa shape index (κ2) is 9.24. The normalized spacial score (nSPS) is 20.8. The molecule has 0 aromatic heterocycles. The van der Waals surface area contributed by atoms with Crippen molar-refractivity contribution in [2.24, 2.45) is 0 Å². The Morgan fingerprint density at radius 1 is 1.00 bits per heavy atom. The number of methoxy groups -OCH3 is 2. The van der Waals surface area contributed by atoms with Crippen molar-refractivity contribution in [3.05, 3.63) is 59.2 Å². The first-order valence-electron chi connectivity index (χ1n) is 10.6. The molecule has 2 aliphatic rings. The third-order valence-electron chi connectivity index (χ3n) is 5.96. The fourth-order valence-electron chi connectivity index (χ4n) is 4.28. The molecule has 4 rings (SSSR count). The van der Waals surface area contributed by atoms with Gasteiger partial charge in [0.05, 0.1) is 20.3 Å². The molecule has 2 aromatic carbocycles. The molecule has 0 bridgehead atoms. The molecule has 1 N–H and O–H groups in total. The van der Waals surface area contributed by atoms with Crippen molar-refractivity contribution in [3.63, 3.8) is 0 Å². The van der Waals surface area contributed by atoms with Crippen LogP contribution in [0.3, 0.4) is 0 Å². The number of carbonyl (C=O) groups is 1. The van der Waals surface area contributed by atoms with Crippen molar-refractivity contribution >= 4 is 12.0 Å². The van der Waals surface area contributed by atoms with E-state index in [2.05, 4.69) is 17.4 Å². The van der Waals surface area contributed by atoms with Gasteiger partial charge in [0, 0.05) is 18.0 Å². The Kier molecular flexibility index (Phi) is 6.26. The number of hydrogen-bond donors (Lipinski definition) is 1. The predicted octanol–water partition coefficient (Wildman–Crippen LogP) is 4.71. The van der Waals surface area contributed by atoms with E-state index in [-0.39, 0.29) is 17.9 Å². The molecule has 0 radical (unpaired) electrons. The van der Waals surface area contributed by atoms with Crippen molar-refractivity contribution in [2.45, 2.75) is 44.1 Å². The van der Waals surface area contributed by atoms with Crippen molar-refractivity contribution in [1.29, 1.82) is 0 Å². The Hall–Kier alpha value is -2.95. The molecule has 158 valence electrons. The highest BCUT2D eigenvalue weighted by molar-refractivity contribution is 5.98. The average Bonchev–Trinajstić information content (AvgIpc) is 3.28. The van der Waals surface area contributed by atoms with Crippen molar-refractivity contribution in [1.82, 2.24) is 5.32 Å². The molecule has 1 aliphatic heterocycles. The van der Waals surface area contributed by atoms with Gasteiger partial charge in [0.1, 0.15) is 5.75 Å². The van der Waals surface area contributed by atoms with Gasteiger partial charge in [-0.3, -0.25) is 4.79 Å². The summed E-state index contributed by atoms with van der Waals surface area (Å²) >= 11 is 0. The highest BCUT2D eigenvalue weighted by Crippen LogP contribution is 2.36. The predicted molar refractivity (Wildman–Crippen MR) is 117 cm³/mol. The first kappa shape index (κ1) is 20.3. The van der Waals surface area contributed by atoms with Gasteiger partial charge in [0.15, 0.2) is 11.5 Å². The largest absolute Gasteiger partial charge is 0.497 e. The maximum atomic E-state index is 12.5. The van der Waals surface area contributed by atoms with E-state index in [9.17, 15) is 4.79 Å². The first-order valence-corrected chi connectivity index (χ1v) is 10.6. The zero-order chi connectivity index (χ0) is 20.9. The van der Waals surface area contributed by atoms with E-state index in [0.29, 0.717) is 13.0 Å². The van der Waals surface area contributed by atoms with Crippen molar-refractivity contribution in [2.75, 3.05) is 20.8 Å². The van der Waals surface area contributed by atoms with Crippen LogP contribution in [0.15, 0.2) is 48.0 Å². The Labute approximate surface area is 178 Å². The monoisotopic (exact) mass is 407 g/mol. The summed E-state index contributed by atoms with van der Waals surface area (Å²) < 4.78 is 17.1. The fraction of sp³-hybridized carbons (Fsp3) is 0.400. The summed E-state index contributed by atoms with van der Waals surface area (Å²) in [6, 6.07) is 13.9. The van der Waals surface area contributed by atoms with Crippen LogP contribution in [0.4, 0.5) is 0 Å². The van der Waals surface area contributed by atoms with Crippen LogP contribution in [0.2, 0.25) is 0 Å². The number of ether oxygens (including phenoxy) is 3. The Balaban J connectivity index is 1.56. The van der Waals surface area contributed by atoms with Crippen LogP contribution in [-0.2, 0) is 4.79 Å². The number of nitrogens with one attached hydrogen (secondary N) is 1. The highest BCUT2D eigenvalue weighted by atomic mass is 16.5. The molecule has 1 saturated carbocycles. The molecule has 30 heavy (non-hydrogen) atoms. The maximum Gasteiger partial charge on any atom is 0.247 e. The Bertz CT molecular complexity index is 930. The topological polar surface area (TPSA) is 56.8 Å². The van der Waals surface area contributed by atoms with E-state index in [1.165, 1.54) is 12.8 Å². The summed E-state index contributed by atoms with van der Waals surface area (Å²) in [5.41, 5.74) is 2.88. The van der Waals surface area contributed by atoms with Crippen LogP contribution in [0.1, 0.15) is 49.1 Å². The zero-order valence-electron chi connectivity index (χ0n) is 17.6. The van der Waals surface area contributed by atoms with E-state index in [4.69, 9.17) is 14.2 Å². The van der Waals surface area contributed by atoms with Gasteiger partial charge in [-0.25, -0.2) is 0 Å².